The molecule has 0 radical (unpaired) electrons. The molecule has 0 aliphatic rings. The van der Waals surface area contributed by atoms with Gasteiger partial charge in [0, 0.05) is 24.6 Å². The SMILES string of the molecule is CCc1cc(Oc2cc(F)cc(CCNC(=O)c3ccc(C(F)(F)F)cc3C)c2)ccc1CCC(=O)O. The summed E-state index contributed by atoms with van der Waals surface area (Å²) in [6.07, 6.45) is -3.11. The largest absolute Gasteiger partial charge is 0.481 e. The number of hydrogen-bond donors (Lipinski definition) is 2. The predicted molar refractivity (Wildman–Crippen MR) is 130 cm³/mol. The van der Waals surface area contributed by atoms with E-state index in [1.54, 1.807) is 24.3 Å². The number of carboxylic acids is 1. The molecule has 1 amide bonds. The normalized spacial score (nSPS) is 11.3. The average molecular weight is 518 g/mol. The number of rotatable bonds is 10. The van der Waals surface area contributed by atoms with Crippen molar-refractivity contribution in [1.29, 1.82) is 0 Å². The molecule has 2 N–H and O–H groups in total. The van der Waals surface area contributed by atoms with Crippen molar-refractivity contribution in [3.8, 4) is 11.5 Å². The molecule has 3 aromatic carbocycles. The lowest BCUT2D eigenvalue weighted by Crippen LogP contribution is -2.26. The zero-order valence-electron chi connectivity index (χ0n) is 20.4. The molecule has 0 saturated carbocycles. The minimum absolute atomic E-state index is 0.0232. The number of carbonyl (C=O) groups excluding carboxylic acids is 1. The minimum atomic E-state index is -4.49. The fourth-order valence-electron chi connectivity index (χ4n) is 3.95. The van der Waals surface area contributed by atoms with Gasteiger partial charge in [0.2, 0.25) is 0 Å². The van der Waals surface area contributed by atoms with Crippen LogP contribution in [0.25, 0.3) is 0 Å². The van der Waals surface area contributed by atoms with E-state index in [4.69, 9.17) is 9.84 Å². The van der Waals surface area contributed by atoms with Crippen LogP contribution in [0.2, 0.25) is 0 Å². The maximum Gasteiger partial charge on any atom is 0.416 e. The lowest BCUT2D eigenvalue weighted by atomic mass is 10.0. The fourth-order valence-corrected chi connectivity index (χ4v) is 3.95. The predicted octanol–water partition coefficient (Wildman–Crippen LogP) is 6.50. The molecule has 0 saturated heterocycles. The van der Waals surface area contributed by atoms with Gasteiger partial charge in [-0.25, -0.2) is 4.39 Å². The summed E-state index contributed by atoms with van der Waals surface area (Å²) in [6, 6.07) is 12.4. The number of alkyl halides is 3. The highest BCUT2D eigenvalue weighted by Crippen LogP contribution is 2.30. The first-order valence-electron chi connectivity index (χ1n) is 11.7. The summed E-state index contributed by atoms with van der Waals surface area (Å²) in [6.45, 7) is 3.52. The third-order valence-corrected chi connectivity index (χ3v) is 5.83. The summed E-state index contributed by atoms with van der Waals surface area (Å²) >= 11 is 0. The highest BCUT2D eigenvalue weighted by atomic mass is 19.4. The van der Waals surface area contributed by atoms with Crippen LogP contribution in [0.5, 0.6) is 11.5 Å². The summed E-state index contributed by atoms with van der Waals surface area (Å²) in [5.74, 6) is -1.17. The molecule has 0 aromatic heterocycles. The number of carbonyl (C=O) groups is 2. The van der Waals surface area contributed by atoms with Crippen LogP contribution in [0, 0.1) is 12.7 Å². The molecule has 0 atom stereocenters. The lowest BCUT2D eigenvalue weighted by molar-refractivity contribution is -0.138. The molecule has 3 rings (SSSR count). The first-order chi connectivity index (χ1) is 17.5. The van der Waals surface area contributed by atoms with Crippen LogP contribution < -0.4 is 10.1 Å². The molecule has 0 unspecified atom stereocenters. The van der Waals surface area contributed by atoms with Crippen molar-refractivity contribution in [2.45, 2.75) is 45.7 Å². The Morgan fingerprint density at radius 1 is 0.946 bits per heavy atom. The third-order valence-electron chi connectivity index (χ3n) is 5.83. The number of hydrogen-bond acceptors (Lipinski definition) is 3. The van der Waals surface area contributed by atoms with E-state index in [0.29, 0.717) is 24.2 Å². The zero-order valence-corrected chi connectivity index (χ0v) is 20.4. The van der Waals surface area contributed by atoms with Gasteiger partial charge in [0.1, 0.15) is 17.3 Å². The van der Waals surface area contributed by atoms with Crippen molar-refractivity contribution in [1.82, 2.24) is 5.32 Å². The fraction of sp³-hybridized carbons (Fsp3) is 0.286. The van der Waals surface area contributed by atoms with E-state index in [-0.39, 0.29) is 36.3 Å². The molecule has 0 fully saturated rings. The molecule has 196 valence electrons. The number of benzene rings is 3. The Bertz CT molecular complexity index is 1290. The van der Waals surface area contributed by atoms with Crippen LogP contribution in [0.4, 0.5) is 17.6 Å². The van der Waals surface area contributed by atoms with Gasteiger partial charge in [-0.2, -0.15) is 13.2 Å². The Labute approximate surface area is 212 Å². The van der Waals surface area contributed by atoms with Gasteiger partial charge in [-0.1, -0.05) is 13.0 Å². The van der Waals surface area contributed by atoms with Crippen LogP contribution in [0.3, 0.4) is 0 Å². The van der Waals surface area contributed by atoms with E-state index >= 15 is 0 Å². The molecule has 3 aromatic rings. The van der Waals surface area contributed by atoms with Crippen LogP contribution >= 0.6 is 0 Å². The molecule has 0 heterocycles. The number of carboxylic acid groups (broad SMARTS) is 1. The second kappa shape index (κ2) is 11.9. The van der Waals surface area contributed by atoms with Crippen LogP contribution in [0.15, 0.2) is 54.6 Å². The van der Waals surface area contributed by atoms with Gasteiger partial charge < -0.3 is 15.2 Å². The maximum atomic E-state index is 14.2. The van der Waals surface area contributed by atoms with Crippen LogP contribution in [-0.4, -0.2) is 23.5 Å². The molecule has 0 aliphatic heterocycles. The molecule has 37 heavy (non-hydrogen) atoms. The van der Waals surface area contributed by atoms with E-state index in [0.717, 1.165) is 29.3 Å². The summed E-state index contributed by atoms with van der Waals surface area (Å²) in [7, 11) is 0. The second-order valence-corrected chi connectivity index (χ2v) is 8.61. The Kier molecular flexibility index (Phi) is 8.91. The number of nitrogens with one attached hydrogen (secondary N) is 1. The van der Waals surface area contributed by atoms with E-state index < -0.39 is 29.4 Å². The van der Waals surface area contributed by atoms with Crippen molar-refractivity contribution in [2.24, 2.45) is 0 Å². The highest BCUT2D eigenvalue weighted by molar-refractivity contribution is 5.95. The Hall–Kier alpha value is -3.88. The van der Waals surface area contributed by atoms with E-state index in [9.17, 15) is 27.2 Å². The second-order valence-electron chi connectivity index (χ2n) is 8.61. The lowest BCUT2D eigenvalue weighted by Gasteiger charge is -2.13. The molecule has 5 nitrogen and oxygen atoms in total. The van der Waals surface area contributed by atoms with Crippen LogP contribution in [0.1, 0.15) is 51.5 Å². The molecule has 0 aliphatic carbocycles. The smallest absolute Gasteiger partial charge is 0.416 e. The van der Waals surface area contributed by atoms with Crippen LogP contribution in [-0.2, 0) is 30.2 Å². The topological polar surface area (TPSA) is 75.6 Å². The Morgan fingerprint density at radius 2 is 1.70 bits per heavy atom. The van der Waals surface area contributed by atoms with Gasteiger partial charge in [-0.05, 0) is 90.9 Å². The van der Waals surface area contributed by atoms with E-state index in [2.05, 4.69) is 5.32 Å². The van der Waals surface area contributed by atoms with Gasteiger partial charge in [0.15, 0.2) is 0 Å². The summed E-state index contributed by atoms with van der Waals surface area (Å²) < 4.78 is 58.6. The minimum Gasteiger partial charge on any atom is -0.481 e. The van der Waals surface area contributed by atoms with Gasteiger partial charge >= 0.3 is 12.1 Å². The van der Waals surface area contributed by atoms with Crippen molar-refractivity contribution in [3.05, 3.63) is 93.8 Å². The van der Waals surface area contributed by atoms with Crippen molar-refractivity contribution < 1.29 is 37.0 Å². The highest BCUT2D eigenvalue weighted by Gasteiger charge is 2.31. The zero-order chi connectivity index (χ0) is 27.2. The summed E-state index contributed by atoms with van der Waals surface area (Å²) in [5.41, 5.74) is 1.93. The maximum absolute atomic E-state index is 14.2. The van der Waals surface area contributed by atoms with E-state index in [1.807, 2.05) is 6.92 Å². The Morgan fingerprint density at radius 3 is 2.35 bits per heavy atom. The molecule has 0 bridgehead atoms. The van der Waals surface area contributed by atoms with Gasteiger partial charge in [-0.3, -0.25) is 9.59 Å². The standard InChI is InChI=1S/C28H27F4NO4/c1-3-19-15-23(7-4-20(19)5-9-26(34)35)37-24-14-18(13-22(29)16-24)10-11-33-27(36)25-8-6-21(12-17(25)2)28(30,31)32/h4,6-8,12-16H,3,5,9-11H2,1-2H3,(H,33,36)(H,34,35). The van der Waals surface area contributed by atoms with Crippen molar-refractivity contribution in [3.63, 3.8) is 0 Å². The summed E-state index contributed by atoms with van der Waals surface area (Å²) in [4.78, 5) is 23.3. The summed E-state index contributed by atoms with van der Waals surface area (Å²) in [5, 5.41) is 11.6. The van der Waals surface area contributed by atoms with Gasteiger partial charge in [-0.15, -0.1) is 0 Å². The monoisotopic (exact) mass is 517 g/mol. The molecular weight excluding hydrogens is 490 g/mol. The Balaban J connectivity index is 1.64. The number of halogens is 4. The molecule has 0 spiro atoms. The van der Waals surface area contributed by atoms with Crippen molar-refractivity contribution >= 4 is 11.9 Å². The third kappa shape index (κ3) is 7.80. The van der Waals surface area contributed by atoms with E-state index in [1.165, 1.54) is 19.1 Å². The average Bonchev–Trinajstić information content (AvgIpc) is 2.82. The first-order valence-corrected chi connectivity index (χ1v) is 11.7. The number of aryl methyl sites for hydroxylation is 3. The van der Waals surface area contributed by atoms with Gasteiger partial charge in [0.25, 0.3) is 5.91 Å². The molecule has 9 heteroatoms. The quantitative estimate of drug-likeness (QED) is 0.301. The number of amides is 1. The van der Waals surface area contributed by atoms with Crippen molar-refractivity contribution in [2.75, 3.05) is 6.54 Å². The number of aliphatic carboxylic acids is 1. The molecular formula is C28H27F4NO4. The number of ether oxygens (including phenoxy) is 1. The van der Waals surface area contributed by atoms with Gasteiger partial charge in [0.05, 0.1) is 5.56 Å². The first kappa shape index (κ1) is 27.7.